The van der Waals surface area contributed by atoms with Crippen LogP contribution in [-0.2, 0) is 4.79 Å². The molecule has 0 bridgehead atoms. The number of nitrogens with one attached hydrogen (secondary N) is 1. The zero-order valence-electron chi connectivity index (χ0n) is 14.7. The van der Waals surface area contributed by atoms with Crippen LogP contribution in [0.25, 0.3) is 0 Å². The molecular formula is C19H34N2O2. The van der Waals surface area contributed by atoms with Crippen LogP contribution < -0.4 is 5.32 Å². The molecule has 1 aliphatic heterocycles. The Bertz CT molecular complexity index is 391. The van der Waals surface area contributed by atoms with Crippen molar-refractivity contribution in [3.8, 4) is 0 Å². The highest BCUT2D eigenvalue weighted by Gasteiger charge is 2.37. The number of aliphatic carboxylic acids is 1. The Labute approximate surface area is 141 Å². The maximum atomic E-state index is 11.2. The number of piperidine rings is 1. The lowest BCUT2D eigenvalue weighted by Crippen LogP contribution is -2.53. The van der Waals surface area contributed by atoms with Gasteiger partial charge in [0.25, 0.3) is 0 Å². The molecule has 0 aromatic carbocycles. The summed E-state index contributed by atoms with van der Waals surface area (Å²) in [6.07, 6.45) is 11.0. The lowest BCUT2D eigenvalue weighted by molar-refractivity contribution is -0.138. The number of hydrogen-bond acceptors (Lipinski definition) is 3. The fourth-order valence-corrected chi connectivity index (χ4v) is 4.72. The molecule has 132 valence electrons. The molecule has 0 amide bonds. The highest BCUT2D eigenvalue weighted by molar-refractivity contribution is 5.67. The average molecular weight is 322 g/mol. The van der Waals surface area contributed by atoms with Crippen molar-refractivity contribution in [2.75, 3.05) is 19.6 Å². The Morgan fingerprint density at radius 2 is 1.87 bits per heavy atom. The van der Waals surface area contributed by atoms with E-state index in [0.717, 1.165) is 37.9 Å². The van der Waals surface area contributed by atoms with Gasteiger partial charge in [-0.25, -0.2) is 0 Å². The van der Waals surface area contributed by atoms with Gasteiger partial charge in [0.15, 0.2) is 0 Å². The second-order valence-corrected chi connectivity index (χ2v) is 8.34. The second kappa shape index (κ2) is 7.98. The number of carboxylic acid groups (broad SMARTS) is 1. The molecular weight excluding hydrogens is 288 g/mol. The van der Waals surface area contributed by atoms with Gasteiger partial charge in [0.2, 0.25) is 0 Å². The molecule has 23 heavy (non-hydrogen) atoms. The predicted octanol–water partition coefficient (Wildman–Crippen LogP) is 3.12. The van der Waals surface area contributed by atoms with E-state index in [4.69, 9.17) is 0 Å². The maximum Gasteiger partial charge on any atom is 0.303 e. The monoisotopic (exact) mass is 322 g/mol. The number of rotatable bonds is 7. The third-order valence-electron chi connectivity index (χ3n) is 6.33. The van der Waals surface area contributed by atoms with Gasteiger partial charge in [-0.15, -0.1) is 0 Å². The molecule has 2 saturated carbocycles. The van der Waals surface area contributed by atoms with Crippen molar-refractivity contribution < 1.29 is 9.90 Å². The molecule has 4 heteroatoms. The molecule has 2 N–H and O–H groups in total. The molecule has 3 fully saturated rings. The van der Waals surface area contributed by atoms with Crippen LogP contribution in [0, 0.1) is 17.8 Å². The maximum absolute atomic E-state index is 11.2. The number of carboxylic acids is 1. The van der Waals surface area contributed by atoms with Gasteiger partial charge in [0.1, 0.15) is 0 Å². The van der Waals surface area contributed by atoms with Gasteiger partial charge in [-0.05, 0) is 63.3 Å². The van der Waals surface area contributed by atoms with Crippen LogP contribution in [0.2, 0.25) is 0 Å². The molecule has 0 spiro atoms. The van der Waals surface area contributed by atoms with Crippen LogP contribution in [0.3, 0.4) is 0 Å². The summed E-state index contributed by atoms with van der Waals surface area (Å²) < 4.78 is 0. The zero-order valence-corrected chi connectivity index (χ0v) is 14.7. The summed E-state index contributed by atoms with van der Waals surface area (Å²) in [6, 6.07) is 1.11. The van der Waals surface area contributed by atoms with Crippen LogP contribution in [0.1, 0.15) is 64.7 Å². The quantitative estimate of drug-likeness (QED) is 0.756. The first kappa shape index (κ1) is 17.2. The largest absolute Gasteiger partial charge is 0.481 e. The fourth-order valence-electron chi connectivity index (χ4n) is 4.72. The normalized spacial score (nSPS) is 31.9. The third-order valence-corrected chi connectivity index (χ3v) is 6.33. The molecule has 1 heterocycles. The van der Waals surface area contributed by atoms with Crippen molar-refractivity contribution in [1.82, 2.24) is 10.2 Å². The van der Waals surface area contributed by atoms with Gasteiger partial charge in [0.05, 0.1) is 0 Å². The van der Waals surface area contributed by atoms with E-state index in [1.54, 1.807) is 0 Å². The Morgan fingerprint density at radius 1 is 1.13 bits per heavy atom. The predicted molar refractivity (Wildman–Crippen MR) is 92.5 cm³/mol. The molecule has 0 aromatic heterocycles. The molecule has 4 nitrogen and oxygen atoms in total. The van der Waals surface area contributed by atoms with E-state index >= 15 is 0 Å². The molecule has 2 aliphatic carbocycles. The van der Waals surface area contributed by atoms with E-state index in [2.05, 4.69) is 17.1 Å². The third kappa shape index (κ3) is 5.18. The Morgan fingerprint density at radius 3 is 2.52 bits per heavy atom. The minimum Gasteiger partial charge on any atom is -0.481 e. The lowest BCUT2D eigenvalue weighted by Gasteiger charge is -2.41. The summed E-state index contributed by atoms with van der Waals surface area (Å²) >= 11 is 0. The lowest BCUT2D eigenvalue weighted by atomic mass is 9.87. The van der Waals surface area contributed by atoms with E-state index in [-0.39, 0.29) is 0 Å². The Kier molecular flexibility index (Phi) is 5.97. The van der Waals surface area contributed by atoms with E-state index < -0.39 is 5.97 Å². The topological polar surface area (TPSA) is 52.6 Å². The highest BCUT2D eigenvalue weighted by atomic mass is 16.4. The van der Waals surface area contributed by atoms with Crippen LogP contribution in [0.15, 0.2) is 0 Å². The zero-order chi connectivity index (χ0) is 16.2. The number of hydrogen-bond donors (Lipinski definition) is 2. The molecule has 0 radical (unpaired) electrons. The molecule has 3 atom stereocenters. The SMILES string of the molecule is CC(C1CC1)N1CC(CC(=O)O)CC(NCC2CCCCC2)C1. The van der Waals surface area contributed by atoms with Crippen LogP contribution in [-0.4, -0.2) is 47.7 Å². The van der Waals surface area contributed by atoms with Gasteiger partial charge in [-0.2, -0.15) is 0 Å². The molecule has 3 unspecified atom stereocenters. The standard InChI is InChI=1S/C19H34N2O2/c1-14(17-7-8-17)21-12-16(10-19(22)23)9-18(13-21)20-11-15-5-3-2-4-6-15/h14-18,20H,2-13H2,1H3,(H,22,23). The Hall–Kier alpha value is -0.610. The molecule has 1 saturated heterocycles. The van der Waals surface area contributed by atoms with E-state index in [1.807, 2.05) is 0 Å². The van der Waals surface area contributed by atoms with Crippen LogP contribution in [0.4, 0.5) is 0 Å². The average Bonchev–Trinajstić information content (AvgIpc) is 3.37. The first-order chi connectivity index (χ1) is 11.1. The number of nitrogens with zero attached hydrogens (tertiary/aromatic N) is 1. The second-order valence-electron chi connectivity index (χ2n) is 8.34. The smallest absolute Gasteiger partial charge is 0.303 e. The van der Waals surface area contributed by atoms with Gasteiger partial charge in [-0.3, -0.25) is 9.69 Å². The van der Waals surface area contributed by atoms with Crippen molar-refractivity contribution >= 4 is 5.97 Å². The van der Waals surface area contributed by atoms with Crippen molar-refractivity contribution in [2.45, 2.75) is 76.8 Å². The summed E-state index contributed by atoms with van der Waals surface area (Å²) in [6.45, 7) is 5.57. The van der Waals surface area contributed by atoms with Crippen molar-refractivity contribution in [1.29, 1.82) is 0 Å². The molecule has 3 rings (SSSR count). The molecule has 0 aromatic rings. The number of likely N-dealkylation sites (tertiary alicyclic amines) is 1. The van der Waals surface area contributed by atoms with Crippen LogP contribution in [0.5, 0.6) is 0 Å². The van der Waals surface area contributed by atoms with Gasteiger partial charge < -0.3 is 10.4 Å². The summed E-state index contributed by atoms with van der Waals surface area (Å²) in [4.78, 5) is 13.7. The van der Waals surface area contributed by atoms with E-state index in [0.29, 0.717) is 24.4 Å². The van der Waals surface area contributed by atoms with Gasteiger partial charge >= 0.3 is 5.97 Å². The van der Waals surface area contributed by atoms with Crippen molar-refractivity contribution in [3.63, 3.8) is 0 Å². The highest BCUT2D eigenvalue weighted by Crippen LogP contribution is 2.37. The minimum absolute atomic E-state index is 0.311. The summed E-state index contributed by atoms with van der Waals surface area (Å²) in [5, 5.41) is 13.0. The summed E-state index contributed by atoms with van der Waals surface area (Å²) in [5.41, 5.74) is 0. The van der Waals surface area contributed by atoms with Gasteiger partial charge in [0, 0.05) is 31.6 Å². The van der Waals surface area contributed by atoms with Crippen LogP contribution >= 0.6 is 0 Å². The van der Waals surface area contributed by atoms with Crippen molar-refractivity contribution in [3.05, 3.63) is 0 Å². The Balaban J connectivity index is 1.52. The number of carbonyl (C=O) groups is 1. The van der Waals surface area contributed by atoms with Gasteiger partial charge in [-0.1, -0.05) is 19.3 Å². The van der Waals surface area contributed by atoms with Crippen molar-refractivity contribution in [2.24, 2.45) is 17.8 Å². The summed E-state index contributed by atoms with van der Waals surface area (Å²) in [7, 11) is 0. The molecule has 3 aliphatic rings. The van der Waals surface area contributed by atoms with E-state index in [1.165, 1.54) is 44.9 Å². The van der Waals surface area contributed by atoms with E-state index in [9.17, 15) is 9.90 Å². The minimum atomic E-state index is -0.637. The fraction of sp³-hybridized carbons (Fsp3) is 0.947. The first-order valence-corrected chi connectivity index (χ1v) is 9.81. The first-order valence-electron chi connectivity index (χ1n) is 9.81. The summed E-state index contributed by atoms with van der Waals surface area (Å²) in [5.74, 6) is 1.38.